The molecule has 1 aliphatic heterocycles. The van der Waals surface area contributed by atoms with E-state index in [0.29, 0.717) is 5.92 Å². The predicted octanol–water partition coefficient (Wildman–Crippen LogP) is 3.65. The van der Waals surface area contributed by atoms with Gasteiger partial charge in [0.2, 0.25) is 0 Å². The maximum Gasteiger partial charge on any atom is 0.328 e. The molecule has 0 aliphatic carbocycles. The largest absolute Gasteiger partial charge is 0.467 e. The molecule has 0 unspecified atom stereocenters. The summed E-state index contributed by atoms with van der Waals surface area (Å²) in [7, 11) is 1.45. The number of benzene rings is 1. The fourth-order valence-corrected chi connectivity index (χ4v) is 3.58. The van der Waals surface area contributed by atoms with Crippen molar-refractivity contribution in [1.29, 1.82) is 0 Å². The molecule has 3 heteroatoms. The van der Waals surface area contributed by atoms with Gasteiger partial charge in [0.15, 0.2) is 0 Å². The number of hydrogen-bond donors (Lipinski definition) is 0. The summed E-state index contributed by atoms with van der Waals surface area (Å²) in [6.45, 7) is 10.7. The van der Waals surface area contributed by atoms with Gasteiger partial charge in [-0.05, 0) is 51.7 Å². The first-order valence-corrected chi connectivity index (χ1v) is 7.25. The standard InChI is InChI=1S/C17H25NO2/c1-11-7-8-15-14(9-11)12(2)10-17(4,5)18(15)13(3)16(19)20-6/h7-9,12-13H,10H2,1-6H3/t12-,13+/m1/s1. The molecule has 0 aromatic heterocycles. The van der Waals surface area contributed by atoms with Crippen LogP contribution in [0.4, 0.5) is 5.69 Å². The van der Waals surface area contributed by atoms with E-state index in [9.17, 15) is 4.79 Å². The third-order valence-electron chi connectivity index (χ3n) is 4.36. The van der Waals surface area contributed by atoms with Crippen LogP contribution < -0.4 is 4.90 Å². The van der Waals surface area contributed by atoms with Gasteiger partial charge in [0.1, 0.15) is 6.04 Å². The Hall–Kier alpha value is -1.51. The Labute approximate surface area is 121 Å². The van der Waals surface area contributed by atoms with Gasteiger partial charge >= 0.3 is 5.97 Å². The van der Waals surface area contributed by atoms with Crippen LogP contribution in [0.3, 0.4) is 0 Å². The van der Waals surface area contributed by atoms with Crippen LogP contribution in [0, 0.1) is 6.92 Å². The molecule has 110 valence electrons. The lowest BCUT2D eigenvalue weighted by Crippen LogP contribution is -2.55. The van der Waals surface area contributed by atoms with Gasteiger partial charge in [-0.2, -0.15) is 0 Å². The summed E-state index contributed by atoms with van der Waals surface area (Å²) in [6.07, 6.45) is 1.03. The fourth-order valence-electron chi connectivity index (χ4n) is 3.58. The molecule has 0 spiro atoms. The second kappa shape index (κ2) is 5.12. The Morgan fingerprint density at radius 3 is 2.70 bits per heavy atom. The van der Waals surface area contributed by atoms with E-state index < -0.39 is 0 Å². The van der Waals surface area contributed by atoms with Gasteiger partial charge in [0.25, 0.3) is 0 Å². The monoisotopic (exact) mass is 275 g/mol. The molecule has 1 aromatic rings. The van der Waals surface area contributed by atoms with E-state index >= 15 is 0 Å². The average molecular weight is 275 g/mol. The lowest BCUT2D eigenvalue weighted by Gasteiger charge is -2.49. The molecular formula is C17H25NO2. The van der Waals surface area contributed by atoms with Gasteiger partial charge < -0.3 is 9.64 Å². The number of anilines is 1. The highest BCUT2D eigenvalue weighted by atomic mass is 16.5. The van der Waals surface area contributed by atoms with Gasteiger partial charge in [-0.15, -0.1) is 0 Å². The summed E-state index contributed by atoms with van der Waals surface area (Å²) in [4.78, 5) is 14.2. The van der Waals surface area contributed by atoms with Gasteiger partial charge in [0, 0.05) is 11.2 Å². The quantitative estimate of drug-likeness (QED) is 0.772. The average Bonchev–Trinajstić information content (AvgIpc) is 2.37. The van der Waals surface area contributed by atoms with Crippen LogP contribution >= 0.6 is 0 Å². The summed E-state index contributed by atoms with van der Waals surface area (Å²) in [5.41, 5.74) is 3.70. The molecule has 0 saturated heterocycles. The smallest absolute Gasteiger partial charge is 0.328 e. The highest BCUT2D eigenvalue weighted by Crippen LogP contribution is 2.44. The molecule has 3 nitrogen and oxygen atoms in total. The molecule has 2 rings (SSSR count). The second-order valence-corrected chi connectivity index (χ2v) is 6.55. The topological polar surface area (TPSA) is 29.5 Å². The van der Waals surface area contributed by atoms with E-state index in [1.807, 2.05) is 6.92 Å². The van der Waals surface area contributed by atoms with Crippen LogP contribution in [0.1, 0.15) is 51.2 Å². The van der Waals surface area contributed by atoms with Crippen molar-refractivity contribution in [2.45, 2.75) is 58.5 Å². The van der Waals surface area contributed by atoms with Gasteiger partial charge in [-0.1, -0.05) is 24.6 Å². The lowest BCUT2D eigenvalue weighted by molar-refractivity contribution is -0.142. The zero-order valence-electron chi connectivity index (χ0n) is 13.4. The van der Waals surface area contributed by atoms with Gasteiger partial charge in [-0.25, -0.2) is 4.79 Å². The molecule has 0 fully saturated rings. The molecule has 1 heterocycles. The van der Waals surface area contributed by atoms with E-state index in [0.717, 1.165) is 12.1 Å². The molecular weight excluding hydrogens is 250 g/mol. The van der Waals surface area contributed by atoms with Crippen molar-refractivity contribution >= 4 is 11.7 Å². The lowest BCUT2D eigenvalue weighted by atomic mass is 9.79. The van der Waals surface area contributed by atoms with Crippen molar-refractivity contribution < 1.29 is 9.53 Å². The Morgan fingerprint density at radius 1 is 1.45 bits per heavy atom. The van der Waals surface area contributed by atoms with Crippen LogP contribution in [0.2, 0.25) is 0 Å². The molecule has 1 aliphatic rings. The Bertz CT molecular complexity index is 522. The van der Waals surface area contributed by atoms with E-state index in [1.165, 1.54) is 18.2 Å². The number of rotatable bonds is 2. The minimum atomic E-state index is -0.274. The Morgan fingerprint density at radius 2 is 2.10 bits per heavy atom. The van der Waals surface area contributed by atoms with Crippen molar-refractivity contribution in [3.63, 3.8) is 0 Å². The fraction of sp³-hybridized carbons (Fsp3) is 0.588. The van der Waals surface area contributed by atoms with Crippen molar-refractivity contribution in [3.8, 4) is 0 Å². The minimum Gasteiger partial charge on any atom is -0.467 e. The summed E-state index contributed by atoms with van der Waals surface area (Å²) in [5.74, 6) is 0.320. The van der Waals surface area contributed by atoms with Crippen molar-refractivity contribution in [2.75, 3.05) is 12.0 Å². The highest BCUT2D eigenvalue weighted by Gasteiger charge is 2.41. The number of carbonyl (C=O) groups is 1. The van der Waals surface area contributed by atoms with Gasteiger partial charge in [-0.3, -0.25) is 0 Å². The molecule has 0 amide bonds. The van der Waals surface area contributed by atoms with E-state index in [4.69, 9.17) is 4.74 Å². The number of ether oxygens (including phenoxy) is 1. The zero-order valence-corrected chi connectivity index (χ0v) is 13.4. The van der Waals surface area contributed by atoms with Crippen LogP contribution in [-0.4, -0.2) is 24.7 Å². The van der Waals surface area contributed by atoms with E-state index in [1.54, 1.807) is 0 Å². The van der Waals surface area contributed by atoms with Crippen molar-refractivity contribution in [1.82, 2.24) is 0 Å². The normalized spacial score (nSPS) is 22.1. The van der Waals surface area contributed by atoms with Gasteiger partial charge in [0.05, 0.1) is 7.11 Å². The molecule has 0 N–H and O–H groups in total. The summed E-state index contributed by atoms with van der Waals surface area (Å²) in [5, 5.41) is 0. The van der Waals surface area contributed by atoms with Crippen LogP contribution in [0.15, 0.2) is 18.2 Å². The molecule has 1 aromatic carbocycles. The van der Waals surface area contributed by atoms with Crippen LogP contribution in [0.25, 0.3) is 0 Å². The molecule has 0 bridgehead atoms. The number of aryl methyl sites for hydroxylation is 1. The number of nitrogens with zero attached hydrogens (tertiary/aromatic N) is 1. The maximum absolute atomic E-state index is 12.0. The number of fused-ring (bicyclic) bond motifs is 1. The Kier molecular flexibility index (Phi) is 3.81. The SMILES string of the molecule is COC(=O)[C@H](C)N1c2ccc(C)cc2[C@H](C)CC1(C)C. The number of methoxy groups -OCH3 is 1. The van der Waals surface area contributed by atoms with Crippen molar-refractivity contribution in [2.24, 2.45) is 0 Å². The summed E-state index contributed by atoms with van der Waals surface area (Å²) < 4.78 is 4.94. The van der Waals surface area contributed by atoms with Crippen molar-refractivity contribution in [3.05, 3.63) is 29.3 Å². The van der Waals surface area contributed by atoms with E-state index in [2.05, 4.69) is 50.8 Å². The maximum atomic E-state index is 12.0. The first-order chi connectivity index (χ1) is 9.27. The number of carbonyl (C=O) groups excluding carboxylic acids is 1. The van der Waals surface area contributed by atoms with Crippen LogP contribution in [0.5, 0.6) is 0 Å². The molecule has 0 radical (unpaired) electrons. The third kappa shape index (κ3) is 2.41. The molecule has 20 heavy (non-hydrogen) atoms. The second-order valence-electron chi connectivity index (χ2n) is 6.55. The molecule has 0 saturated carbocycles. The summed E-state index contributed by atoms with van der Waals surface area (Å²) in [6, 6.07) is 6.22. The third-order valence-corrected chi connectivity index (χ3v) is 4.36. The highest BCUT2D eigenvalue weighted by molar-refractivity contribution is 5.81. The summed E-state index contributed by atoms with van der Waals surface area (Å²) >= 11 is 0. The Balaban J connectivity index is 2.54. The van der Waals surface area contributed by atoms with Crippen LogP contribution in [-0.2, 0) is 9.53 Å². The molecule has 2 atom stereocenters. The first-order valence-electron chi connectivity index (χ1n) is 7.25. The number of hydrogen-bond acceptors (Lipinski definition) is 3. The number of esters is 1. The zero-order chi connectivity index (χ0) is 15.1. The predicted molar refractivity (Wildman–Crippen MR) is 82.2 cm³/mol. The van der Waals surface area contributed by atoms with E-state index in [-0.39, 0.29) is 17.6 Å². The first kappa shape index (κ1) is 14.9. The minimum absolute atomic E-state index is 0.0602.